The molecule has 3 heteroatoms. The van der Waals surface area contributed by atoms with Gasteiger partial charge in [0.25, 0.3) is 0 Å². The number of hydrogen-bond acceptors (Lipinski definition) is 0. The Hall–Kier alpha value is -0.630. The quantitative estimate of drug-likeness (QED) is 0.634. The van der Waals surface area contributed by atoms with Crippen LogP contribution in [0.25, 0.3) is 0 Å². The molecule has 0 aromatic heterocycles. The van der Waals surface area contributed by atoms with E-state index in [0.29, 0.717) is 5.56 Å². The minimum Gasteiger partial charge on any atom is -0.207 e. The third-order valence-electron chi connectivity index (χ3n) is 3.04. The molecule has 0 amide bonds. The number of halogens is 3. The molecule has 0 bridgehead atoms. The fourth-order valence-corrected chi connectivity index (χ4v) is 2.65. The van der Waals surface area contributed by atoms with E-state index in [0.717, 1.165) is 31.7 Å². The molecule has 1 aliphatic rings. The molecule has 1 fully saturated rings. The summed E-state index contributed by atoms with van der Waals surface area (Å²) in [5, 5.41) is -0.0151. The van der Waals surface area contributed by atoms with Gasteiger partial charge in [0.2, 0.25) is 0 Å². The summed E-state index contributed by atoms with van der Waals surface area (Å²) in [5.74, 6) is -0.952. The average molecular weight is 231 g/mol. The molecule has 1 aromatic rings. The molecule has 1 aromatic carbocycles. The first-order valence-electron chi connectivity index (χ1n) is 5.27. The number of hydrogen-bond donors (Lipinski definition) is 0. The summed E-state index contributed by atoms with van der Waals surface area (Å²) < 4.78 is 26.2. The molecule has 15 heavy (non-hydrogen) atoms. The second-order valence-electron chi connectivity index (χ2n) is 4.07. The van der Waals surface area contributed by atoms with E-state index >= 15 is 0 Å². The molecule has 2 rings (SSSR count). The number of alkyl halides is 1. The predicted octanol–water partition coefficient (Wildman–Crippen LogP) is 4.23. The molecule has 1 saturated carbocycles. The molecule has 0 radical (unpaired) electrons. The van der Waals surface area contributed by atoms with Gasteiger partial charge < -0.3 is 0 Å². The van der Waals surface area contributed by atoms with Crippen molar-refractivity contribution in [2.45, 2.75) is 37.0 Å². The Morgan fingerprint density at radius 3 is 2.53 bits per heavy atom. The lowest BCUT2D eigenvalue weighted by Gasteiger charge is -2.27. The van der Waals surface area contributed by atoms with Crippen LogP contribution in [0.2, 0.25) is 0 Å². The average Bonchev–Trinajstić information content (AvgIpc) is 2.20. The van der Waals surface area contributed by atoms with Crippen molar-refractivity contribution in [3.8, 4) is 0 Å². The minimum absolute atomic E-state index is 0.0151. The first kappa shape index (κ1) is 10.9. The van der Waals surface area contributed by atoms with Gasteiger partial charge in [0, 0.05) is 17.4 Å². The standard InChI is InChI=1S/C12H13ClF2/c13-11-4-2-1-3-9(11)10-6-5-8(14)7-12(10)15/h5-7,9,11H,1-4H2. The predicted molar refractivity (Wildman–Crippen MR) is 57.2 cm³/mol. The van der Waals surface area contributed by atoms with Crippen LogP contribution in [-0.4, -0.2) is 5.38 Å². The number of rotatable bonds is 1. The van der Waals surface area contributed by atoms with Crippen molar-refractivity contribution in [1.29, 1.82) is 0 Å². The Labute approximate surface area is 93.2 Å². The van der Waals surface area contributed by atoms with Crippen molar-refractivity contribution in [3.05, 3.63) is 35.4 Å². The zero-order chi connectivity index (χ0) is 10.8. The Kier molecular flexibility index (Phi) is 3.25. The van der Waals surface area contributed by atoms with Crippen LogP contribution in [0.3, 0.4) is 0 Å². The van der Waals surface area contributed by atoms with Gasteiger partial charge in [-0.1, -0.05) is 18.9 Å². The highest BCUT2D eigenvalue weighted by Gasteiger charge is 2.26. The lowest BCUT2D eigenvalue weighted by molar-refractivity contribution is 0.434. The Morgan fingerprint density at radius 2 is 1.87 bits per heavy atom. The van der Waals surface area contributed by atoms with E-state index in [1.54, 1.807) is 0 Å². The summed E-state index contributed by atoms with van der Waals surface area (Å²) >= 11 is 6.17. The minimum atomic E-state index is -0.529. The SMILES string of the molecule is Fc1ccc(C2CCCCC2Cl)c(F)c1. The van der Waals surface area contributed by atoms with Crippen LogP contribution in [0.1, 0.15) is 37.2 Å². The lowest BCUT2D eigenvalue weighted by Crippen LogP contribution is -2.18. The summed E-state index contributed by atoms with van der Waals surface area (Å²) in [6, 6.07) is 3.76. The Bertz CT molecular complexity index is 351. The molecular formula is C12H13ClF2. The van der Waals surface area contributed by atoms with E-state index in [1.165, 1.54) is 12.1 Å². The van der Waals surface area contributed by atoms with Crippen molar-refractivity contribution < 1.29 is 8.78 Å². The van der Waals surface area contributed by atoms with Gasteiger partial charge in [-0.25, -0.2) is 8.78 Å². The fraction of sp³-hybridized carbons (Fsp3) is 0.500. The highest BCUT2D eigenvalue weighted by atomic mass is 35.5. The Balaban J connectivity index is 2.27. The highest BCUT2D eigenvalue weighted by Crippen LogP contribution is 2.37. The van der Waals surface area contributed by atoms with E-state index < -0.39 is 11.6 Å². The van der Waals surface area contributed by atoms with Gasteiger partial charge in [0.05, 0.1) is 0 Å². The van der Waals surface area contributed by atoms with E-state index in [2.05, 4.69) is 0 Å². The maximum Gasteiger partial charge on any atom is 0.129 e. The van der Waals surface area contributed by atoms with Gasteiger partial charge in [0.1, 0.15) is 11.6 Å². The second-order valence-corrected chi connectivity index (χ2v) is 4.63. The van der Waals surface area contributed by atoms with E-state index in [1.807, 2.05) is 0 Å². The van der Waals surface area contributed by atoms with Gasteiger partial charge in [0.15, 0.2) is 0 Å². The van der Waals surface area contributed by atoms with Crippen molar-refractivity contribution in [3.63, 3.8) is 0 Å². The van der Waals surface area contributed by atoms with Gasteiger partial charge in [-0.05, 0) is 24.5 Å². The fourth-order valence-electron chi connectivity index (χ4n) is 2.24. The van der Waals surface area contributed by atoms with Crippen LogP contribution in [-0.2, 0) is 0 Å². The van der Waals surface area contributed by atoms with E-state index in [4.69, 9.17) is 11.6 Å². The first-order valence-corrected chi connectivity index (χ1v) is 5.71. The first-order chi connectivity index (χ1) is 7.18. The molecule has 0 N–H and O–H groups in total. The maximum atomic E-state index is 13.5. The topological polar surface area (TPSA) is 0 Å². The monoisotopic (exact) mass is 230 g/mol. The second kappa shape index (κ2) is 4.48. The smallest absolute Gasteiger partial charge is 0.129 e. The van der Waals surface area contributed by atoms with Gasteiger partial charge in [-0.3, -0.25) is 0 Å². The Morgan fingerprint density at radius 1 is 1.13 bits per heavy atom. The zero-order valence-corrected chi connectivity index (χ0v) is 9.11. The third kappa shape index (κ3) is 2.31. The summed E-state index contributed by atoms with van der Waals surface area (Å²) in [5.41, 5.74) is 0.566. The van der Waals surface area contributed by atoms with Crippen molar-refractivity contribution in [1.82, 2.24) is 0 Å². The summed E-state index contributed by atoms with van der Waals surface area (Å²) in [4.78, 5) is 0. The van der Waals surface area contributed by atoms with Crippen molar-refractivity contribution >= 4 is 11.6 Å². The van der Waals surface area contributed by atoms with Crippen LogP contribution in [0.4, 0.5) is 8.78 Å². The summed E-state index contributed by atoms with van der Waals surface area (Å²) in [6.07, 6.45) is 4.00. The molecule has 1 aliphatic carbocycles. The lowest BCUT2D eigenvalue weighted by atomic mass is 9.83. The van der Waals surface area contributed by atoms with Crippen LogP contribution >= 0.6 is 11.6 Å². The zero-order valence-electron chi connectivity index (χ0n) is 8.35. The maximum absolute atomic E-state index is 13.5. The summed E-state index contributed by atoms with van der Waals surface area (Å²) in [7, 11) is 0. The molecule has 0 aliphatic heterocycles. The molecule has 82 valence electrons. The molecule has 0 spiro atoms. The normalized spacial score (nSPS) is 26.6. The van der Waals surface area contributed by atoms with Crippen LogP contribution in [0, 0.1) is 11.6 Å². The van der Waals surface area contributed by atoms with E-state index in [9.17, 15) is 8.78 Å². The van der Waals surface area contributed by atoms with E-state index in [-0.39, 0.29) is 11.3 Å². The van der Waals surface area contributed by atoms with Crippen molar-refractivity contribution in [2.24, 2.45) is 0 Å². The molecule has 0 saturated heterocycles. The molecule has 2 unspecified atom stereocenters. The van der Waals surface area contributed by atoms with Crippen LogP contribution < -0.4 is 0 Å². The van der Waals surface area contributed by atoms with Gasteiger partial charge in [-0.15, -0.1) is 11.6 Å². The largest absolute Gasteiger partial charge is 0.207 e. The highest BCUT2D eigenvalue weighted by molar-refractivity contribution is 6.21. The number of benzene rings is 1. The van der Waals surface area contributed by atoms with Gasteiger partial charge >= 0.3 is 0 Å². The molecule has 2 atom stereocenters. The molecule has 0 heterocycles. The molecular weight excluding hydrogens is 218 g/mol. The third-order valence-corrected chi connectivity index (χ3v) is 3.57. The van der Waals surface area contributed by atoms with Gasteiger partial charge in [-0.2, -0.15) is 0 Å². The van der Waals surface area contributed by atoms with Crippen molar-refractivity contribution in [2.75, 3.05) is 0 Å². The van der Waals surface area contributed by atoms with Crippen LogP contribution in [0.15, 0.2) is 18.2 Å². The molecule has 0 nitrogen and oxygen atoms in total. The van der Waals surface area contributed by atoms with Crippen LogP contribution in [0.5, 0.6) is 0 Å². The summed E-state index contributed by atoms with van der Waals surface area (Å²) in [6.45, 7) is 0.